The quantitative estimate of drug-likeness (QED) is 0.720. The maximum Gasteiger partial charge on any atom is 0.176 e. The number of nitrogen functional groups attached to an aromatic ring is 1. The van der Waals surface area contributed by atoms with E-state index in [1.807, 2.05) is 6.92 Å². The summed E-state index contributed by atoms with van der Waals surface area (Å²) >= 11 is 0. The number of hydrogen-bond donors (Lipinski definition) is 2. The van der Waals surface area contributed by atoms with E-state index in [9.17, 15) is 8.42 Å². The predicted molar refractivity (Wildman–Crippen MR) is 60.6 cm³/mol. The van der Waals surface area contributed by atoms with Gasteiger partial charge in [-0.15, -0.1) is 0 Å². The molecule has 0 spiro atoms. The van der Waals surface area contributed by atoms with Crippen molar-refractivity contribution in [1.82, 2.24) is 4.98 Å². The number of aryl methyl sites for hydroxylation is 1. The van der Waals surface area contributed by atoms with E-state index in [1.54, 1.807) is 12.3 Å². The van der Waals surface area contributed by atoms with Gasteiger partial charge in [-0.2, -0.15) is 0 Å². The second-order valence-electron chi connectivity index (χ2n) is 3.69. The normalized spacial score (nSPS) is 12.1. The molecule has 1 heterocycles. The average Bonchev–Trinajstić information content (AvgIpc) is 2.44. The lowest BCUT2D eigenvalue weighted by atomic mass is 10.2. The third-order valence-electron chi connectivity index (χ3n) is 2.36. The molecule has 15 heavy (non-hydrogen) atoms. The van der Waals surface area contributed by atoms with Gasteiger partial charge in [0.15, 0.2) is 9.84 Å². The van der Waals surface area contributed by atoms with Crippen LogP contribution in [0.2, 0.25) is 0 Å². The molecular weight excluding hydrogens is 212 g/mol. The van der Waals surface area contributed by atoms with Gasteiger partial charge < -0.3 is 10.7 Å². The van der Waals surface area contributed by atoms with Crippen LogP contribution in [0.15, 0.2) is 23.2 Å². The molecule has 0 saturated carbocycles. The number of nitrogens with two attached hydrogens (primary N) is 1. The Hall–Kier alpha value is -1.49. The molecule has 3 N–H and O–H groups in total. The van der Waals surface area contributed by atoms with Crippen molar-refractivity contribution in [3.05, 3.63) is 23.9 Å². The first kappa shape index (κ1) is 10.0. The zero-order valence-electron chi connectivity index (χ0n) is 8.53. The van der Waals surface area contributed by atoms with Crippen LogP contribution in [0.3, 0.4) is 0 Å². The Morgan fingerprint density at radius 3 is 2.60 bits per heavy atom. The molecule has 0 unspecified atom stereocenters. The molecule has 0 saturated heterocycles. The highest BCUT2D eigenvalue weighted by Gasteiger charge is 2.15. The van der Waals surface area contributed by atoms with Crippen molar-refractivity contribution in [1.29, 1.82) is 0 Å². The number of benzene rings is 1. The summed E-state index contributed by atoms with van der Waals surface area (Å²) < 4.78 is 23.2. The molecule has 0 atom stereocenters. The molecule has 80 valence electrons. The van der Waals surface area contributed by atoms with Crippen LogP contribution in [0.25, 0.3) is 10.9 Å². The third-order valence-corrected chi connectivity index (χ3v) is 3.48. The van der Waals surface area contributed by atoms with Crippen LogP contribution in [0.1, 0.15) is 5.56 Å². The molecule has 2 rings (SSSR count). The van der Waals surface area contributed by atoms with Crippen molar-refractivity contribution in [2.24, 2.45) is 0 Å². The van der Waals surface area contributed by atoms with Gasteiger partial charge in [-0.3, -0.25) is 0 Å². The first-order chi connectivity index (χ1) is 6.89. The lowest BCUT2D eigenvalue weighted by Crippen LogP contribution is -1.99. The van der Waals surface area contributed by atoms with E-state index in [1.165, 1.54) is 12.3 Å². The fourth-order valence-corrected chi connectivity index (χ4v) is 2.70. The lowest BCUT2D eigenvalue weighted by molar-refractivity contribution is 0.602. The summed E-state index contributed by atoms with van der Waals surface area (Å²) in [5, 5.41) is 0.728. The van der Waals surface area contributed by atoms with Gasteiger partial charge >= 0.3 is 0 Å². The lowest BCUT2D eigenvalue weighted by Gasteiger charge is -2.03. The Morgan fingerprint density at radius 2 is 2.00 bits per heavy atom. The van der Waals surface area contributed by atoms with Crippen LogP contribution in [0.5, 0.6) is 0 Å². The van der Waals surface area contributed by atoms with E-state index in [2.05, 4.69) is 4.98 Å². The van der Waals surface area contributed by atoms with Crippen molar-refractivity contribution < 1.29 is 8.42 Å². The molecule has 0 fully saturated rings. The Labute approximate surface area is 88.0 Å². The number of anilines is 1. The molecule has 1 aromatic heterocycles. The summed E-state index contributed by atoms with van der Waals surface area (Å²) in [5.41, 5.74) is 7.76. The smallest absolute Gasteiger partial charge is 0.176 e. The van der Waals surface area contributed by atoms with Crippen molar-refractivity contribution in [3.63, 3.8) is 0 Å². The zero-order valence-corrected chi connectivity index (χ0v) is 9.35. The monoisotopic (exact) mass is 224 g/mol. The van der Waals surface area contributed by atoms with Gasteiger partial charge in [-0.1, -0.05) is 0 Å². The number of sulfone groups is 1. The number of H-pyrrole nitrogens is 1. The van der Waals surface area contributed by atoms with E-state index in [-0.39, 0.29) is 4.90 Å². The fraction of sp³-hybridized carbons (Fsp3) is 0.200. The van der Waals surface area contributed by atoms with Crippen molar-refractivity contribution in [3.8, 4) is 0 Å². The second-order valence-corrected chi connectivity index (χ2v) is 5.67. The Morgan fingerprint density at radius 1 is 1.33 bits per heavy atom. The Bertz CT molecular complexity index is 626. The minimum Gasteiger partial charge on any atom is -0.399 e. The molecule has 0 bridgehead atoms. The summed E-state index contributed by atoms with van der Waals surface area (Å²) in [6.07, 6.45) is 2.96. The number of rotatable bonds is 1. The average molecular weight is 224 g/mol. The largest absolute Gasteiger partial charge is 0.399 e. The van der Waals surface area contributed by atoms with Gasteiger partial charge in [0, 0.05) is 29.0 Å². The molecule has 5 heteroatoms. The molecule has 0 radical (unpaired) electrons. The third kappa shape index (κ3) is 1.59. The first-order valence-electron chi connectivity index (χ1n) is 4.47. The predicted octanol–water partition coefficient (Wildman–Crippen LogP) is 1.46. The van der Waals surface area contributed by atoms with E-state index in [0.29, 0.717) is 5.69 Å². The minimum atomic E-state index is -3.24. The van der Waals surface area contributed by atoms with Gasteiger partial charge in [-0.05, 0) is 24.6 Å². The first-order valence-corrected chi connectivity index (χ1v) is 6.36. The zero-order chi connectivity index (χ0) is 11.2. The molecule has 0 aliphatic heterocycles. The molecule has 0 amide bonds. The SMILES string of the molecule is Cc1c[nH]c2cc(N)cc(S(C)(=O)=O)c12. The highest BCUT2D eigenvalue weighted by Crippen LogP contribution is 2.28. The topological polar surface area (TPSA) is 76.0 Å². The standard InChI is InChI=1S/C10H12N2O2S/c1-6-5-12-8-3-7(11)4-9(10(6)8)15(2,13)14/h3-5,12H,11H2,1-2H3. The highest BCUT2D eigenvalue weighted by molar-refractivity contribution is 7.91. The number of aromatic amines is 1. The number of hydrogen-bond acceptors (Lipinski definition) is 3. The highest BCUT2D eigenvalue weighted by atomic mass is 32.2. The van der Waals surface area contributed by atoms with Crippen molar-refractivity contribution >= 4 is 26.4 Å². The summed E-state index contributed by atoms with van der Waals surface area (Å²) in [5.74, 6) is 0. The molecule has 2 aromatic rings. The summed E-state index contributed by atoms with van der Waals surface area (Å²) in [6.45, 7) is 1.86. The minimum absolute atomic E-state index is 0.288. The van der Waals surface area contributed by atoms with E-state index in [4.69, 9.17) is 5.73 Å². The van der Waals surface area contributed by atoms with Crippen LogP contribution >= 0.6 is 0 Å². The van der Waals surface area contributed by atoms with Crippen LogP contribution in [-0.2, 0) is 9.84 Å². The number of fused-ring (bicyclic) bond motifs is 1. The van der Waals surface area contributed by atoms with Crippen LogP contribution < -0.4 is 5.73 Å². The Kier molecular flexibility index (Phi) is 2.01. The molecular formula is C10H12N2O2S. The van der Waals surface area contributed by atoms with Crippen molar-refractivity contribution in [2.45, 2.75) is 11.8 Å². The summed E-state index contributed by atoms with van der Waals surface area (Å²) in [7, 11) is -3.24. The fourth-order valence-electron chi connectivity index (χ4n) is 1.71. The summed E-state index contributed by atoms with van der Waals surface area (Å²) in [4.78, 5) is 3.28. The molecule has 4 nitrogen and oxygen atoms in total. The van der Waals surface area contributed by atoms with Gasteiger partial charge in [0.05, 0.1) is 4.90 Å². The maximum absolute atomic E-state index is 11.6. The Balaban J connectivity index is 2.99. The maximum atomic E-state index is 11.6. The summed E-state index contributed by atoms with van der Waals surface area (Å²) in [6, 6.07) is 3.23. The van der Waals surface area contributed by atoms with Crippen LogP contribution in [0, 0.1) is 6.92 Å². The molecule has 0 aliphatic carbocycles. The van der Waals surface area contributed by atoms with Crippen LogP contribution in [-0.4, -0.2) is 19.7 Å². The molecule has 0 aliphatic rings. The van der Waals surface area contributed by atoms with E-state index in [0.717, 1.165) is 16.5 Å². The van der Waals surface area contributed by atoms with Gasteiger partial charge in [0.25, 0.3) is 0 Å². The van der Waals surface area contributed by atoms with Gasteiger partial charge in [0.1, 0.15) is 0 Å². The molecule has 1 aromatic carbocycles. The van der Waals surface area contributed by atoms with Gasteiger partial charge in [-0.25, -0.2) is 8.42 Å². The number of nitrogens with one attached hydrogen (secondary N) is 1. The van der Waals surface area contributed by atoms with Crippen molar-refractivity contribution in [2.75, 3.05) is 12.0 Å². The van der Waals surface area contributed by atoms with E-state index < -0.39 is 9.84 Å². The number of aromatic nitrogens is 1. The van der Waals surface area contributed by atoms with Gasteiger partial charge in [0.2, 0.25) is 0 Å². The van der Waals surface area contributed by atoms with E-state index >= 15 is 0 Å². The van der Waals surface area contributed by atoms with Crippen LogP contribution in [0.4, 0.5) is 5.69 Å². The second kappa shape index (κ2) is 3.00.